The van der Waals surface area contributed by atoms with E-state index < -0.39 is 0 Å². The molecule has 0 amide bonds. The van der Waals surface area contributed by atoms with Gasteiger partial charge in [-0.3, -0.25) is 4.68 Å². The average molecular weight is 230 g/mol. The Morgan fingerprint density at radius 2 is 2.27 bits per heavy atom. The molecule has 1 aromatic heterocycles. The molecule has 0 aliphatic heterocycles. The molecule has 1 rings (SSSR count). The molecule has 4 heteroatoms. The zero-order valence-electron chi connectivity index (χ0n) is 9.76. The highest BCUT2D eigenvalue weighted by Gasteiger charge is 2.04. The number of halogens is 1. The van der Waals surface area contributed by atoms with Gasteiger partial charge in [0.05, 0.1) is 11.4 Å². The Balaban J connectivity index is 2.42. The number of aryl methyl sites for hydroxylation is 2. The Labute approximate surface area is 96.8 Å². The summed E-state index contributed by atoms with van der Waals surface area (Å²) >= 11 is 6.03. The van der Waals surface area contributed by atoms with E-state index in [0.717, 1.165) is 31.7 Å². The van der Waals surface area contributed by atoms with Gasteiger partial charge in [0, 0.05) is 25.0 Å². The molecular formula is C11H20ClN3. The fourth-order valence-corrected chi connectivity index (χ4v) is 1.63. The van der Waals surface area contributed by atoms with E-state index in [2.05, 4.69) is 30.3 Å². The van der Waals surface area contributed by atoms with Crippen LogP contribution in [0.4, 0.5) is 0 Å². The first-order chi connectivity index (χ1) is 7.17. The molecular weight excluding hydrogens is 210 g/mol. The summed E-state index contributed by atoms with van der Waals surface area (Å²) in [5, 5.41) is 7.96. The van der Waals surface area contributed by atoms with Crippen LogP contribution in [0.5, 0.6) is 0 Å². The van der Waals surface area contributed by atoms with Gasteiger partial charge in [-0.1, -0.05) is 6.92 Å². The van der Waals surface area contributed by atoms with Crippen molar-refractivity contribution >= 4 is 11.6 Å². The van der Waals surface area contributed by atoms with Gasteiger partial charge in [-0.2, -0.15) is 5.10 Å². The maximum Gasteiger partial charge on any atom is 0.0597 e. The van der Waals surface area contributed by atoms with Gasteiger partial charge in [0.25, 0.3) is 0 Å². The average Bonchev–Trinajstić information content (AvgIpc) is 2.58. The molecule has 1 aromatic rings. The van der Waals surface area contributed by atoms with Crippen LogP contribution in [0.3, 0.4) is 0 Å². The minimum Gasteiger partial charge on any atom is -0.310 e. The quantitative estimate of drug-likeness (QED) is 0.759. The highest BCUT2D eigenvalue weighted by molar-refractivity contribution is 6.20. The second kappa shape index (κ2) is 6.13. The van der Waals surface area contributed by atoms with Crippen LogP contribution >= 0.6 is 11.6 Å². The van der Waals surface area contributed by atoms with Crippen molar-refractivity contribution in [3.05, 3.63) is 17.5 Å². The van der Waals surface area contributed by atoms with E-state index in [1.807, 2.05) is 11.6 Å². The lowest BCUT2D eigenvalue weighted by molar-refractivity contribution is 0.571. The van der Waals surface area contributed by atoms with Crippen molar-refractivity contribution in [2.75, 3.05) is 6.54 Å². The predicted octanol–water partition coefficient (Wildman–Crippen LogP) is 2.32. The van der Waals surface area contributed by atoms with Crippen molar-refractivity contribution in [1.29, 1.82) is 0 Å². The number of nitrogens with one attached hydrogen (secondary N) is 1. The fraction of sp³-hybridized carbons (Fsp3) is 0.727. The Morgan fingerprint density at radius 3 is 2.87 bits per heavy atom. The van der Waals surface area contributed by atoms with E-state index in [1.165, 1.54) is 5.69 Å². The third-order valence-corrected chi connectivity index (χ3v) is 2.86. The summed E-state index contributed by atoms with van der Waals surface area (Å²) in [5.41, 5.74) is 2.31. The van der Waals surface area contributed by atoms with Gasteiger partial charge in [-0.05, 0) is 26.3 Å². The Bertz CT molecular complexity index is 296. The molecule has 0 aliphatic rings. The van der Waals surface area contributed by atoms with Gasteiger partial charge in [-0.25, -0.2) is 0 Å². The van der Waals surface area contributed by atoms with E-state index in [4.69, 9.17) is 11.6 Å². The van der Waals surface area contributed by atoms with E-state index in [-0.39, 0.29) is 5.38 Å². The topological polar surface area (TPSA) is 29.9 Å². The summed E-state index contributed by atoms with van der Waals surface area (Å²) in [6.07, 6.45) is 1.00. The summed E-state index contributed by atoms with van der Waals surface area (Å²) in [7, 11) is 0. The van der Waals surface area contributed by atoms with Gasteiger partial charge in [-0.15, -0.1) is 11.6 Å². The molecule has 1 atom stereocenters. The number of hydrogen-bond donors (Lipinski definition) is 1. The molecule has 1 heterocycles. The summed E-state index contributed by atoms with van der Waals surface area (Å²) in [6.45, 7) is 8.84. The number of alkyl halides is 1. The molecule has 0 radical (unpaired) electrons. The molecule has 0 bridgehead atoms. The zero-order chi connectivity index (χ0) is 11.3. The molecule has 86 valence electrons. The fourth-order valence-electron chi connectivity index (χ4n) is 1.52. The van der Waals surface area contributed by atoms with Crippen LogP contribution in [0.2, 0.25) is 0 Å². The van der Waals surface area contributed by atoms with Crippen LogP contribution in [0.1, 0.15) is 31.7 Å². The lowest BCUT2D eigenvalue weighted by atomic mass is 10.3. The molecule has 1 N–H and O–H groups in total. The minimum atomic E-state index is 0.226. The number of rotatable bonds is 6. The lowest BCUT2D eigenvalue weighted by Gasteiger charge is -2.09. The highest BCUT2D eigenvalue weighted by atomic mass is 35.5. The SMILES string of the molecule is CCC(Cl)CNCc1cc(C)nn1CC. The Hall–Kier alpha value is -0.540. The first-order valence-electron chi connectivity index (χ1n) is 5.55. The zero-order valence-corrected chi connectivity index (χ0v) is 10.5. The van der Waals surface area contributed by atoms with Crippen molar-refractivity contribution in [2.24, 2.45) is 0 Å². The summed E-state index contributed by atoms with van der Waals surface area (Å²) in [6, 6.07) is 2.12. The minimum absolute atomic E-state index is 0.226. The van der Waals surface area contributed by atoms with Gasteiger partial charge in [0.1, 0.15) is 0 Å². The molecule has 0 spiro atoms. The van der Waals surface area contributed by atoms with Crippen LogP contribution in [-0.2, 0) is 13.1 Å². The molecule has 0 aromatic carbocycles. The Morgan fingerprint density at radius 1 is 1.53 bits per heavy atom. The van der Waals surface area contributed by atoms with Crippen LogP contribution in [0.15, 0.2) is 6.07 Å². The summed E-state index contributed by atoms with van der Waals surface area (Å²) in [4.78, 5) is 0. The first kappa shape index (κ1) is 12.5. The van der Waals surface area contributed by atoms with Crippen molar-refractivity contribution < 1.29 is 0 Å². The van der Waals surface area contributed by atoms with Crippen molar-refractivity contribution in [2.45, 2.75) is 45.7 Å². The van der Waals surface area contributed by atoms with E-state index in [1.54, 1.807) is 0 Å². The van der Waals surface area contributed by atoms with Crippen molar-refractivity contribution in [1.82, 2.24) is 15.1 Å². The standard InChI is InChI=1S/C11H20ClN3/c1-4-10(12)7-13-8-11-6-9(3)14-15(11)5-2/h6,10,13H,4-5,7-8H2,1-3H3. The van der Waals surface area contributed by atoms with Crippen molar-refractivity contribution in [3.8, 4) is 0 Å². The van der Waals surface area contributed by atoms with E-state index in [9.17, 15) is 0 Å². The van der Waals surface area contributed by atoms with E-state index >= 15 is 0 Å². The third-order valence-electron chi connectivity index (χ3n) is 2.40. The lowest BCUT2D eigenvalue weighted by Crippen LogP contribution is -2.23. The van der Waals surface area contributed by atoms with Crippen LogP contribution in [0.25, 0.3) is 0 Å². The van der Waals surface area contributed by atoms with Crippen LogP contribution in [0, 0.1) is 6.92 Å². The van der Waals surface area contributed by atoms with Crippen LogP contribution < -0.4 is 5.32 Å². The second-order valence-corrected chi connectivity index (χ2v) is 4.35. The van der Waals surface area contributed by atoms with Crippen molar-refractivity contribution in [3.63, 3.8) is 0 Å². The van der Waals surface area contributed by atoms with Gasteiger partial charge >= 0.3 is 0 Å². The molecule has 15 heavy (non-hydrogen) atoms. The van der Waals surface area contributed by atoms with E-state index in [0.29, 0.717) is 0 Å². The predicted molar refractivity (Wildman–Crippen MR) is 64.3 cm³/mol. The summed E-state index contributed by atoms with van der Waals surface area (Å²) in [5.74, 6) is 0. The number of hydrogen-bond acceptors (Lipinski definition) is 2. The maximum absolute atomic E-state index is 6.03. The second-order valence-electron chi connectivity index (χ2n) is 3.73. The number of nitrogens with zero attached hydrogens (tertiary/aromatic N) is 2. The summed E-state index contributed by atoms with van der Waals surface area (Å²) < 4.78 is 2.03. The molecule has 0 saturated carbocycles. The van der Waals surface area contributed by atoms with Gasteiger partial charge < -0.3 is 5.32 Å². The molecule has 0 aliphatic carbocycles. The third kappa shape index (κ3) is 3.84. The normalized spacial score (nSPS) is 13.1. The maximum atomic E-state index is 6.03. The first-order valence-corrected chi connectivity index (χ1v) is 5.99. The molecule has 3 nitrogen and oxygen atoms in total. The molecule has 0 fully saturated rings. The largest absolute Gasteiger partial charge is 0.310 e. The molecule has 1 unspecified atom stereocenters. The smallest absolute Gasteiger partial charge is 0.0597 e. The van der Waals surface area contributed by atoms with Gasteiger partial charge in [0.15, 0.2) is 0 Å². The monoisotopic (exact) mass is 229 g/mol. The highest BCUT2D eigenvalue weighted by Crippen LogP contribution is 2.04. The molecule has 0 saturated heterocycles. The van der Waals surface area contributed by atoms with Crippen LogP contribution in [-0.4, -0.2) is 21.7 Å². The Kier molecular flexibility index (Phi) is 5.12. The number of aromatic nitrogens is 2. The van der Waals surface area contributed by atoms with Gasteiger partial charge in [0.2, 0.25) is 0 Å².